The molecule has 71 heavy (non-hydrogen) atoms. The van der Waals surface area contributed by atoms with Crippen molar-refractivity contribution in [1.29, 1.82) is 0 Å². The van der Waals surface area contributed by atoms with Crippen LogP contribution < -0.4 is 38.1 Å². The van der Waals surface area contributed by atoms with Gasteiger partial charge in [-0.15, -0.1) is 0 Å². The van der Waals surface area contributed by atoms with E-state index >= 15 is 0 Å². The molecule has 2 heterocycles. The van der Waals surface area contributed by atoms with Crippen LogP contribution >= 0.6 is 0 Å². The van der Waals surface area contributed by atoms with Gasteiger partial charge in [-0.1, -0.05) is 58.0 Å². The number of carboxylic acids is 2. The summed E-state index contributed by atoms with van der Waals surface area (Å²) in [6.45, 7) is 8.28. The summed E-state index contributed by atoms with van der Waals surface area (Å²) in [5.41, 5.74) is 13.1. The Morgan fingerprint density at radius 1 is 0.761 bits per heavy atom. The number of nitrogens with zero attached hydrogens (tertiary/aromatic N) is 1. The molecule has 7 amide bonds. The van der Waals surface area contributed by atoms with Gasteiger partial charge in [-0.25, -0.2) is 9.59 Å². The van der Waals surface area contributed by atoms with Crippen LogP contribution in [0.2, 0.25) is 0 Å². The topological polar surface area (TPSA) is 366 Å². The van der Waals surface area contributed by atoms with Crippen molar-refractivity contribution >= 4 is 64.2 Å². The van der Waals surface area contributed by atoms with Gasteiger partial charge >= 0.3 is 18.1 Å². The fourth-order valence-corrected chi connectivity index (χ4v) is 7.38. The molecule has 22 nitrogen and oxygen atoms in total. The molecule has 3 aromatic rings. The molecule has 0 aliphatic carbocycles. The number of aromatic nitrogens is 1. The van der Waals surface area contributed by atoms with Crippen LogP contribution in [0.1, 0.15) is 71.4 Å². The van der Waals surface area contributed by atoms with Gasteiger partial charge in [-0.3, -0.25) is 33.6 Å². The second-order valence-electron chi connectivity index (χ2n) is 17.7. The highest BCUT2D eigenvalue weighted by Crippen LogP contribution is 2.23. The number of rotatable bonds is 22. The zero-order chi connectivity index (χ0) is 53.5. The van der Waals surface area contributed by atoms with Crippen molar-refractivity contribution < 1.29 is 76.7 Å². The number of aliphatic hydroxyl groups is 1. The second kappa shape index (κ2) is 26.1. The lowest BCUT2D eigenvalue weighted by Gasteiger charge is -2.32. The number of aliphatic carboxylic acids is 2. The number of H-pyrrole nitrogens is 1. The van der Waals surface area contributed by atoms with Gasteiger partial charge in [0.15, 0.2) is 0 Å². The van der Waals surface area contributed by atoms with Gasteiger partial charge in [-0.2, -0.15) is 13.2 Å². The molecule has 4 rings (SSSR count). The molecule has 0 spiro atoms. The highest BCUT2D eigenvalue weighted by atomic mass is 19.4. The van der Waals surface area contributed by atoms with Crippen molar-refractivity contribution in [2.45, 2.75) is 128 Å². The van der Waals surface area contributed by atoms with Crippen molar-refractivity contribution in [3.8, 4) is 5.75 Å². The van der Waals surface area contributed by atoms with Gasteiger partial charge in [0.1, 0.15) is 42.0 Å². The number of nitrogens with one attached hydrogen (secondary N) is 6. The van der Waals surface area contributed by atoms with Crippen LogP contribution in [0.15, 0.2) is 54.7 Å². The number of phenolic OH excluding ortho intramolecular Hbond substituents is 1. The zero-order valence-electron chi connectivity index (χ0n) is 39.6. The van der Waals surface area contributed by atoms with Gasteiger partial charge < -0.3 is 68.4 Å². The maximum absolute atomic E-state index is 14.6. The quantitative estimate of drug-likeness (QED) is 0.0635. The average molecular weight is 1010 g/mol. The average Bonchev–Trinajstić information content (AvgIpc) is 3.95. The first-order valence-electron chi connectivity index (χ1n) is 22.5. The Morgan fingerprint density at radius 3 is 1.89 bits per heavy atom. The lowest BCUT2D eigenvalue weighted by molar-refractivity contribution is -0.192. The molecule has 390 valence electrons. The normalized spacial score (nSPS) is 16.5. The predicted octanol–water partition coefficient (Wildman–Crippen LogP) is 0.0772. The van der Waals surface area contributed by atoms with Crippen molar-refractivity contribution in [1.82, 2.24) is 36.5 Å². The van der Waals surface area contributed by atoms with E-state index in [-0.39, 0.29) is 50.3 Å². The van der Waals surface area contributed by atoms with E-state index in [1.165, 1.54) is 24.0 Å². The Morgan fingerprint density at radius 2 is 1.34 bits per heavy atom. The van der Waals surface area contributed by atoms with Crippen LogP contribution in [0.5, 0.6) is 5.75 Å². The summed E-state index contributed by atoms with van der Waals surface area (Å²) in [5, 5.41) is 50.9. The first kappa shape index (κ1) is 58.0. The van der Waals surface area contributed by atoms with Crippen molar-refractivity contribution in [3.63, 3.8) is 0 Å². The number of fused-ring (bicyclic) bond motifs is 1. The SMILES string of the molecule is CC(C)C(N)C(=O)NC(C(=O)NC(Cc1ccc(O)cc1)C(=O)N1CCCC1C(=O)NC(Cc1c[nH]c2ccccc12)C(=O)NC(C(=O)NC(CCC(N)=O)C(=O)O)C(C)O)C(C)C.O=C(O)C(F)(F)F. The molecule has 2 aromatic carbocycles. The molecule has 8 atom stereocenters. The molecule has 1 aromatic heterocycles. The number of carbonyl (C=O) groups is 9. The number of primary amides is 1. The lowest BCUT2D eigenvalue weighted by Crippen LogP contribution is -2.61. The molecule has 8 unspecified atom stereocenters. The summed E-state index contributed by atoms with van der Waals surface area (Å²) in [5.74, 6) is -10.3. The van der Waals surface area contributed by atoms with E-state index in [1.807, 2.05) is 6.07 Å². The minimum Gasteiger partial charge on any atom is -0.508 e. The number of halogens is 3. The molecule has 1 aliphatic rings. The van der Waals surface area contributed by atoms with Crippen LogP contribution in [-0.4, -0.2) is 145 Å². The number of hydrogen-bond donors (Lipinski definition) is 12. The van der Waals surface area contributed by atoms with E-state index < -0.39 is 114 Å². The number of aromatic amines is 1. The smallest absolute Gasteiger partial charge is 0.490 e. The first-order chi connectivity index (χ1) is 33.1. The number of benzene rings is 2. The second-order valence-corrected chi connectivity index (χ2v) is 17.7. The molecular weight excluding hydrogens is 944 g/mol. The largest absolute Gasteiger partial charge is 0.508 e. The van der Waals surface area contributed by atoms with E-state index in [2.05, 4.69) is 31.6 Å². The Hall–Kier alpha value is -7.28. The molecule has 0 saturated carbocycles. The number of nitrogens with two attached hydrogens (primary N) is 2. The van der Waals surface area contributed by atoms with E-state index in [9.17, 15) is 66.8 Å². The number of amides is 7. The van der Waals surface area contributed by atoms with Crippen LogP contribution in [0.3, 0.4) is 0 Å². The third kappa shape index (κ3) is 17.3. The summed E-state index contributed by atoms with van der Waals surface area (Å²) in [6, 6.07) is 4.15. The zero-order valence-corrected chi connectivity index (χ0v) is 39.6. The molecule has 25 heteroatoms. The van der Waals surface area contributed by atoms with Gasteiger partial charge in [0.2, 0.25) is 41.4 Å². The number of carboxylic acid groups (broad SMARTS) is 2. The van der Waals surface area contributed by atoms with Crippen LogP contribution in [0, 0.1) is 11.8 Å². The van der Waals surface area contributed by atoms with Crippen LogP contribution in [-0.2, 0) is 56.0 Å². The lowest BCUT2D eigenvalue weighted by atomic mass is 9.98. The molecule has 0 radical (unpaired) electrons. The summed E-state index contributed by atoms with van der Waals surface area (Å²) < 4.78 is 31.7. The Bertz CT molecular complexity index is 2380. The highest BCUT2D eigenvalue weighted by Gasteiger charge is 2.41. The van der Waals surface area contributed by atoms with Gasteiger partial charge in [0, 0.05) is 42.9 Å². The summed E-state index contributed by atoms with van der Waals surface area (Å²) in [7, 11) is 0. The standard InChI is InChI=1S/C44H61N9O11.C2HF3O2/c1-22(2)35(46)40(59)51-36(23(3)4)41(60)50-32(19-25-12-14-27(55)15-13-25)43(62)53-18-8-11-33(53)39(58)49-31(20-26-21-47-29-10-7-6-9-28(26)29)38(57)52-37(24(5)54)42(61)48-30(44(63)64)16-17-34(45)56;3-2(4,5)1(6)7/h6-7,9-10,12-15,21-24,30-33,35-37,47,54-55H,8,11,16-20,46H2,1-5H3,(H2,45,56)(H,48,61)(H,49,58)(H,50,60)(H,51,59)(H,52,57)(H,63,64);(H,6,7). The molecular formula is C46H62F3N9O13. The van der Waals surface area contributed by atoms with Gasteiger partial charge in [-0.05, 0) is 67.3 Å². The molecule has 1 fully saturated rings. The molecule has 1 saturated heterocycles. The molecule has 0 bridgehead atoms. The third-order valence-corrected chi connectivity index (χ3v) is 11.4. The van der Waals surface area contributed by atoms with E-state index in [1.54, 1.807) is 64.2 Å². The summed E-state index contributed by atoms with van der Waals surface area (Å²) in [4.78, 5) is 120. The fraction of sp³-hybridized carbons (Fsp3) is 0.500. The number of alkyl halides is 3. The maximum atomic E-state index is 14.6. The number of likely N-dealkylation sites (tertiary alicyclic amines) is 1. The number of para-hydroxylation sites is 1. The minimum absolute atomic E-state index is 0.0210. The van der Waals surface area contributed by atoms with E-state index in [4.69, 9.17) is 21.4 Å². The monoisotopic (exact) mass is 1010 g/mol. The van der Waals surface area contributed by atoms with Crippen molar-refractivity contribution in [2.24, 2.45) is 23.3 Å². The number of hydrogen-bond acceptors (Lipinski definition) is 12. The molecule has 14 N–H and O–H groups in total. The number of carbonyl (C=O) groups excluding carboxylic acids is 7. The van der Waals surface area contributed by atoms with Crippen molar-refractivity contribution in [2.75, 3.05) is 6.54 Å². The van der Waals surface area contributed by atoms with Gasteiger partial charge in [0.25, 0.3) is 0 Å². The van der Waals surface area contributed by atoms with Crippen LogP contribution in [0.4, 0.5) is 13.2 Å². The Balaban J connectivity index is 0.00000176. The fourth-order valence-electron chi connectivity index (χ4n) is 7.38. The summed E-state index contributed by atoms with van der Waals surface area (Å²) >= 11 is 0. The van der Waals surface area contributed by atoms with E-state index in [0.29, 0.717) is 17.5 Å². The Kier molecular flexibility index (Phi) is 21.3. The third-order valence-electron chi connectivity index (χ3n) is 11.4. The summed E-state index contributed by atoms with van der Waals surface area (Å²) in [6.07, 6.45) is -5.34. The Labute approximate surface area is 405 Å². The maximum Gasteiger partial charge on any atom is 0.490 e. The number of phenols is 1. The molecule has 1 aliphatic heterocycles. The minimum atomic E-state index is -5.08. The number of aromatic hydroxyl groups is 1. The van der Waals surface area contributed by atoms with Crippen LogP contribution in [0.25, 0.3) is 10.9 Å². The first-order valence-corrected chi connectivity index (χ1v) is 22.5. The predicted molar refractivity (Wildman–Crippen MR) is 247 cm³/mol. The van der Waals surface area contributed by atoms with Crippen molar-refractivity contribution in [3.05, 3.63) is 65.9 Å². The van der Waals surface area contributed by atoms with Gasteiger partial charge in [0.05, 0.1) is 12.1 Å². The number of aliphatic hydroxyl groups excluding tert-OH is 1. The van der Waals surface area contributed by atoms with E-state index in [0.717, 1.165) is 10.9 Å². The highest BCUT2D eigenvalue weighted by molar-refractivity contribution is 5.98.